The van der Waals surface area contributed by atoms with Gasteiger partial charge in [0.15, 0.2) is 0 Å². The summed E-state index contributed by atoms with van der Waals surface area (Å²) in [6.45, 7) is 3.04. The van der Waals surface area contributed by atoms with Gasteiger partial charge in [0, 0.05) is 0 Å². The first-order chi connectivity index (χ1) is 23.2. The van der Waals surface area contributed by atoms with Gasteiger partial charge in [-0.25, -0.2) is 4.79 Å². The Morgan fingerprint density at radius 2 is 1.12 bits per heavy atom. The van der Waals surface area contributed by atoms with Crippen LogP contribution in [0.3, 0.4) is 0 Å². The number of amides is 5. The molecule has 7 atom stereocenters. The highest BCUT2D eigenvalue weighted by molar-refractivity contribution is 7.98. The van der Waals surface area contributed by atoms with E-state index in [1.807, 2.05) is 6.26 Å². The Hall–Kier alpha value is -3.52. The monoisotopic (exact) mass is 720 g/mol. The second-order valence-electron chi connectivity index (χ2n) is 11.7. The van der Waals surface area contributed by atoms with Crippen molar-refractivity contribution >= 4 is 53.2 Å². The Labute approximate surface area is 291 Å². The van der Waals surface area contributed by atoms with Crippen LogP contribution in [-0.4, -0.2) is 125 Å². The lowest BCUT2D eigenvalue weighted by Crippen LogP contribution is -2.60. The highest BCUT2D eigenvalue weighted by Crippen LogP contribution is 2.10. The first-order valence-electron chi connectivity index (χ1n) is 16.4. The number of aliphatic hydroxyl groups excluding tert-OH is 1. The summed E-state index contributed by atoms with van der Waals surface area (Å²) in [4.78, 5) is 88.8. The maximum Gasteiger partial charge on any atom is 0.326 e. The minimum atomic E-state index is -1.76. The number of aliphatic hydroxyl groups is 1. The van der Waals surface area contributed by atoms with Gasteiger partial charge in [-0.1, -0.05) is 20.3 Å². The molecule has 19 heteroatoms. The molecule has 49 heavy (non-hydrogen) atoms. The number of thioether (sulfide) groups is 1. The Morgan fingerprint density at radius 1 is 0.673 bits per heavy atom. The molecule has 0 aromatic rings. The third-order valence-corrected chi connectivity index (χ3v) is 8.38. The van der Waals surface area contributed by atoms with E-state index in [-0.39, 0.29) is 19.4 Å². The van der Waals surface area contributed by atoms with Crippen LogP contribution in [0.5, 0.6) is 0 Å². The number of aliphatic carboxylic acids is 2. The van der Waals surface area contributed by atoms with Crippen molar-refractivity contribution in [2.75, 3.05) is 31.7 Å². The molecular formula is C30H56N8O10S. The maximum atomic E-state index is 13.3. The van der Waals surface area contributed by atoms with Crippen LogP contribution in [0.25, 0.3) is 0 Å². The molecule has 0 aromatic carbocycles. The van der Waals surface area contributed by atoms with Gasteiger partial charge in [0.2, 0.25) is 29.5 Å². The zero-order chi connectivity index (χ0) is 37.5. The molecule has 5 amide bonds. The summed E-state index contributed by atoms with van der Waals surface area (Å²) in [7, 11) is 0. The van der Waals surface area contributed by atoms with Gasteiger partial charge in [-0.2, -0.15) is 11.8 Å². The topological polar surface area (TPSA) is 318 Å². The van der Waals surface area contributed by atoms with Crippen LogP contribution in [0.2, 0.25) is 0 Å². The highest BCUT2D eigenvalue weighted by atomic mass is 32.2. The minimum absolute atomic E-state index is 0.0306. The molecule has 0 aliphatic carbocycles. The molecule has 0 radical (unpaired) electrons. The van der Waals surface area contributed by atoms with E-state index in [1.54, 1.807) is 13.8 Å². The molecule has 282 valence electrons. The molecule has 0 rings (SSSR count). The Balaban J connectivity index is 5.94. The number of carboxylic acids is 2. The largest absolute Gasteiger partial charge is 0.481 e. The molecule has 0 aliphatic rings. The van der Waals surface area contributed by atoms with Crippen molar-refractivity contribution in [3.05, 3.63) is 0 Å². The third kappa shape index (κ3) is 18.2. The van der Waals surface area contributed by atoms with Crippen molar-refractivity contribution in [1.82, 2.24) is 26.6 Å². The summed E-state index contributed by atoms with van der Waals surface area (Å²) in [5.41, 5.74) is 17.0. The first kappa shape index (κ1) is 45.5. The van der Waals surface area contributed by atoms with E-state index in [1.165, 1.54) is 11.8 Å². The summed E-state index contributed by atoms with van der Waals surface area (Å²) in [5, 5.41) is 40.9. The summed E-state index contributed by atoms with van der Waals surface area (Å²) >= 11 is 1.49. The predicted molar refractivity (Wildman–Crippen MR) is 183 cm³/mol. The molecule has 0 saturated carbocycles. The van der Waals surface area contributed by atoms with Crippen LogP contribution in [0.15, 0.2) is 0 Å². The van der Waals surface area contributed by atoms with Gasteiger partial charge in [0.05, 0.1) is 19.1 Å². The Morgan fingerprint density at radius 3 is 1.57 bits per heavy atom. The first-order valence-corrected chi connectivity index (χ1v) is 17.8. The van der Waals surface area contributed by atoms with Crippen molar-refractivity contribution in [2.24, 2.45) is 23.1 Å². The van der Waals surface area contributed by atoms with E-state index in [0.29, 0.717) is 50.8 Å². The lowest BCUT2D eigenvalue weighted by molar-refractivity contribution is -0.144. The zero-order valence-corrected chi connectivity index (χ0v) is 29.4. The molecule has 0 bridgehead atoms. The molecule has 0 aliphatic heterocycles. The molecule has 0 heterocycles. The molecule has 0 fully saturated rings. The average Bonchev–Trinajstić information content (AvgIpc) is 3.06. The lowest BCUT2D eigenvalue weighted by Gasteiger charge is -2.27. The van der Waals surface area contributed by atoms with Gasteiger partial charge in [-0.05, 0) is 76.0 Å². The number of carbonyl (C=O) groups is 7. The van der Waals surface area contributed by atoms with E-state index in [2.05, 4.69) is 26.6 Å². The highest BCUT2D eigenvalue weighted by Gasteiger charge is 2.34. The lowest BCUT2D eigenvalue weighted by atomic mass is 9.98. The van der Waals surface area contributed by atoms with Gasteiger partial charge >= 0.3 is 11.9 Å². The second-order valence-corrected chi connectivity index (χ2v) is 12.7. The quantitative estimate of drug-likeness (QED) is 0.0386. The number of hydrogen-bond donors (Lipinski definition) is 11. The number of rotatable bonds is 27. The van der Waals surface area contributed by atoms with Crippen molar-refractivity contribution in [3.8, 4) is 0 Å². The molecule has 14 N–H and O–H groups in total. The second kappa shape index (κ2) is 25.5. The molecule has 0 saturated heterocycles. The fourth-order valence-corrected chi connectivity index (χ4v) is 5.00. The summed E-state index contributed by atoms with van der Waals surface area (Å²) in [6, 6.07) is -8.02. The number of unbranched alkanes of at least 4 members (excludes halogenated alkanes) is 2. The average molecular weight is 721 g/mol. The summed E-state index contributed by atoms with van der Waals surface area (Å²) < 4.78 is 0. The third-order valence-electron chi connectivity index (χ3n) is 7.73. The van der Waals surface area contributed by atoms with Crippen LogP contribution in [0.4, 0.5) is 0 Å². The summed E-state index contributed by atoms with van der Waals surface area (Å²) in [6.07, 6.45) is 3.68. The molecule has 0 spiro atoms. The number of nitrogens with one attached hydrogen (secondary N) is 5. The summed E-state index contributed by atoms with van der Waals surface area (Å²) in [5.74, 6) is -7.04. The van der Waals surface area contributed by atoms with E-state index in [9.17, 15) is 48.9 Å². The SMILES string of the molecule is CC[C@H](C)[C@H](NC(=O)[C@H](CCCCN)NC(=O)[C@H](CC(=O)O)NC(=O)[C@H](CO)NC(=O)[C@H](CCCCN)NC(=O)[C@@H](N)CCSC)C(=O)O. The Bertz CT molecular complexity index is 1090. The number of carbonyl (C=O) groups excluding carboxylic acids is 5. The van der Waals surface area contributed by atoms with Crippen molar-refractivity contribution < 1.29 is 48.9 Å². The van der Waals surface area contributed by atoms with Gasteiger partial charge in [0.25, 0.3) is 0 Å². The molecule has 0 aromatic heterocycles. The molecule has 0 unspecified atom stereocenters. The zero-order valence-electron chi connectivity index (χ0n) is 28.6. The van der Waals surface area contributed by atoms with Crippen LogP contribution >= 0.6 is 11.8 Å². The van der Waals surface area contributed by atoms with Crippen LogP contribution in [-0.2, 0) is 33.6 Å². The van der Waals surface area contributed by atoms with Crippen molar-refractivity contribution in [3.63, 3.8) is 0 Å². The van der Waals surface area contributed by atoms with Crippen LogP contribution < -0.4 is 43.8 Å². The van der Waals surface area contributed by atoms with Crippen LogP contribution in [0.1, 0.15) is 71.6 Å². The fraction of sp³-hybridized carbons (Fsp3) is 0.767. The maximum absolute atomic E-state index is 13.3. The minimum Gasteiger partial charge on any atom is -0.481 e. The van der Waals surface area contributed by atoms with Gasteiger partial charge in [0.1, 0.15) is 30.2 Å². The van der Waals surface area contributed by atoms with Gasteiger partial charge in [-0.15, -0.1) is 0 Å². The number of hydrogen-bond acceptors (Lipinski definition) is 12. The normalized spacial score (nSPS) is 15.3. The van der Waals surface area contributed by atoms with Gasteiger partial charge < -0.3 is 59.1 Å². The molecular weight excluding hydrogens is 664 g/mol. The van der Waals surface area contributed by atoms with Crippen molar-refractivity contribution in [2.45, 2.75) is 108 Å². The fourth-order valence-electron chi connectivity index (χ4n) is 4.51. The standard InChI is InChI=1S/C30H56N8O10S/c1-4-17(2)24(30(47)48)38-27(44)20(10-6-8-13-32)35-28(45)21(15-23(40)41)36-29(46)22(16-39)37-26(43)19(9-5-7-12-31)34-25(42)18(33)11-14-49-3/h17-22,24,39H,4-16,31-33H2,1-3H3,(H,34,42)(H,35,45)(H,36,46)(H,37,43)(H,38,44)(H,40,41)(H,47,48)/t17-,18-,19-,20-,21-,22-,24-/m0/s1. The predicted octanol–water partition coefficient (Wildman–Crippen LogP) is -2.65. The smallest absolute Gasteiger partial charge is 0.326 e. The number of nitrogens with two attached hydrogens (primary N) is 3. The van der Waals surface area contributed by atoms with Gasteiger partial charge in [-0.3, -0.25) is 28.8 Å². The van der Waals surface area contributed by atoms with E-state index in [4.69, 9.17) is 17.2 Å². The van der Waals surface area contributed by atoms with E-state index >= 15 is 0 Å². The Kier molecular flexibility index (Phi) is 23.6. The number of carboxylic acid groups (broad SMARTS) is 2. The van der Waals surface area contributed by atoms with E-state index < -0.39 is 96.7 Å². The van der Waals surface area contributed by atoms with E-state index in [0.717, 1.165) is 0 Å². The van der Waals surface area contributed by atoms with Crippen LogP contribution in [0, 0.1) is 5.92 Å². The molecule has 18 nitrogen and oxygen atoms in total. The van der Waals surface area contributed by atoms with Crippen molar-refractivity contribution in [1.29, 1.82) is 0 Å².